The molecule has 1 aliphatic carbocycles. The van der Waals surface area contributed by atoms with E-state index in [9.17, 15) is 4.79 Å². The molecule has 1 saturated heterocycles. The van der Waals surface area contributed by atoms with Crippen LogP contribution in [-0.2, 0) is 17.8 Å². The van der Waals surface area contributed by atoms with Gasteiger partial charge >= 0.3 is 0 Å². The van der Waals surface area contributed by atoms with Crippen molar-refractivity contribution in [1.82, 2.24) is 14.9 Å². The molecule has 3 atom stereocenters. The van der Waals surface area contributed by atoms with Crippen LogP contribution in [0.1, 0.15) is 51.3 Å². The van der Waals surface area contributed by atoms with Crippen LogP contribution in [0.2, 0.25) is 0 Å². The summed E-state index contributed by atoms with van der Waals surface area (Å²) >= 11 is 0. The Balaban J connectivity index is 1.60. The summed E-state index contributed by atoms with van der Waals surface area (Å²) in [5.41, 5.74) is 0. The van der Waals surface area contributed by atoms with E-state index >= 15 is 0 Å². The Morgan fingerprint density at radius 3 is 3.05 bits per heavy atom. The SMILES string of the molecule is CCn1ccnc1CC(=O)C1CCC2CCCCC2N1. The molecule has 0 radical (unpaired) electrons. The van der Waals surface area contributed by atoms with Crippen LogP contribution in [-0.4, -0.2) is 27.4 Å². The highest BCUT2D eigenvalue weighted by atomic mass is 16.1. The summed E-state index contributed by atoms with van der Waals surface area (Å²) in [7, 11) is 0. The molecule has 3 unspecified atom stereocenters. The number of aryl methyl sites for hydroxylation is 1. The van der Waals surface area contributed by atoms with Gasteiger partial charge in [0.15, 0.2) is 5.78 Å². The van der Waals surface area contributed by atoms with Gasteiger partial charge in [0.2, 0.25) is 0 Å². The number of rotatable bonds is 4. The molecule has 1 saturated carbocycles. The first-order valence-corrected chi connectivity index (χ1v) is 8.06. The highest BCUT2D eigenvalue weighted by Crippen LogP contribution is 2.32. The third-order valence-electron chi connectivity index (χ3n) is 5.01. The molecule has 2 fully saturated rings. The summed E-state index contributed by atoms with van der Waals surface area (Å²) in [6.07, 6.45) is 11.7. The number of carbonyl (C=O) groups is 1. The average molecular weight is 275 g/mol. The van der Waals surface area contributed by atoms with E-state index in [0.29, 0.717) is 18.2 Å². The fraction of sp³-hybridized carbons (Fsp3) is 0.750. The summed E-state index contributed by atoms with van der Waals surface area (Å²) in [5, 5.41) is 3.62. The van der Waals surface area contributed by atoms with Crippen molar-refractivity contribution in [1.29, 1.82) is 0 Å². The molecule has 1 aromatic heterocycles. The first-order chi connectivity index (χ1) is 9.78. The molecule has 0 aromatic carbocycles. The zero-order chi connectivity index (χ0) is 13.9. The molecule has 0 amide bonds. The summed E-state index contributed by atoms with van der Waals surface area (Å²) < 4.78 is 2.06. The molecule has 2 heterocycles. The van der Waals surface area contributed by atoms with Gasteiger partial charge in [-0.3, -0.25) is 4.79 Å². The van der Waals surface area contributed by atoms with Crippen molar-refractivity contribution in [2.45, 2.75) is 70.5 Å². The minimum atomic E-state index is 0.0522. The maximum atomic E-state index is 12.5. The second-order valence-electron chi connectivity index (χ2n) is 6.22. The molecule has 1 aromatic rings. The van der Waals surface area contributed by atoms with Gasteiger partial charge in [0.25, 0.3) is 0 Å². The molecule has 0 bridgehead atoms. The van der Waals surface area contributed by atoms with Crippen molar-refractivity contribution >= 4 is 5.78 Å². The van der Waals surface area contributed by atoms with Crippen LogP contribution in [0.25, 0.3) is 0 Å². The van der Waals surface area contributed by atoms with Gasteiger partial charge in [-0.25, -0.2) is 4.98 Å². The number of Topliss-reactive ketones (excluding diaryl/α,β-unsaturated/α-hetero) is 1. The summed E-state index contributed by atoms with van der Waals surface area (Å²) in [4.78, 5) is 16.8. The third kappa shape index (κ3) is 2.80. The molecular weight excluding hydrogens is 250 g/mol. The van der Waals surface area contributed by atoms with Crippen LogP contribution in [0.3, 0.4) is 0 Å². The van der Waals surface area contributed by atoms with Crippen LogP contribution in [0, 0.1) is 5.92 Å². The normalized spacial score (nSPS) is 29.9. The first kappa shape index (κ1) is 13.8. The van der Waals surface area contributed by atoms with Gasteiger partial charge in [-0.1, -0.05) is 12.8 Å². The molecule has 1 aliphatic heterocycles. The number of hydrogen-bond donors (Lipinski definition) is 1. The van der Waals surface area contributed by atoms with Crippen LogP contribution in [0.4, 0.5) is 0 Å². The van der Waals surface area contributed by atoms with Crippen LogP contribution >= 0.6 is 0 Å². The van der Waals surface area contributed by atoms with E-state index in [-0.39, 0.29) is 6.04 Å². The van der Waals surface area contributed by atoms with Crippen LogP contribution in [0.15, 0.2) is 12.4 Å². The molecule has 1 N–H and O–H groups in total. The van der Waals surface area contributed by atoms with E-state index in [2.05, 4.69) is 21.8 Å². The van der Waals surface area contributed by atoms with E-state index < -0.39 is 0 Å². The van der Waals surface area contributed by atoms with Gasteiger partial charge in [-0.15, -0.1) is 0 Å². The van der Waals surface area contributed by atoms with Gasteiger partial charge in [-0.05, 0) is 38.5 Å². The zero-order valence-corrected chi connectivity index (χ0v) is 12.3. The molecule has 4 heteroatoms. The zero-order valence-electron chi connectivity index (χ0n) is 12.3. The second-order valence-corrected chi connectivity index (χ2v) is 6.22. The van der Waals surface area contributed by atoms with Crippen molar-refractivity contribution in [3.63, 3.8) is 0 Å². The fourth-order valence-electron chi connectivity index (χ4n) is 3.82. The van der Waals surface area contributed by atoms with Crippen molar-refractivity contribution < 1.29 is 4.79 Å². The minimum absolute atomic E-state index is 0.0522. The Morgan fingerprint density at radius 1 is 1.35 bits per heavy atom. The Kier molecular flexibility index (Phi) is 4.20. The number of fused-ring (bicyclic) bond motifs is 1. The largest absolute Gasteiger partial charge is 0.335 e. The summed E-state index contributed by atoms with van der Waals surface area (Å²) in [6.45, 7) is 2.96. The Bertz CT molecular complexity index is 468. The number of nitrogens with one attached hydrogen (secondary N) is 1. The number of ketones is 1. The highest BCUT2D eigenvalue weighted by Gasteiger charge is 2.34. The number of piperidine rings is 1. The number of carbonyl (C=O) groups excluding carboxylic acids is 1. The van der Waals surface area contributed by atoms with E-state index in [1.165, 1.54) is 32.1 Å². The van der Waals surface area contributed by atoms with E-state index in [1.54, 1.807) is 6.20 Å². The van der Waals surface area contributed by atoms with Gasteiger partial charge in [0.1, 0.15) is 5.82 Å². The third-order valence-corrected chi connectivity index (χ3v) is 5.01. The lowest BCUT2D eigenvalue weighted by molar-refractivity contribution is -0.121. The van der Waals surface area contributed by atoms with Gasteiger partial charge < -0.3 is 9.88 Å². The maximum Gasteiger partial charge on any atom is 0.157 e. The van der Waals surface area contributed by atoms with E-state index in [0.717, 1.165) is 24.7 Å². The van der Waals surface area contributed by atoms with Crippen molar-refractivity contribution in [3.8, 4) is 0 Å². The topological polar surface area (TPSA) is 46.9 Å². The first-order valence-electron chi connectivity index (χ1n) is 8.06. The number of imidazole rings is 1. The molecule has 110 valence electrons. The van der Waals surface area contributed by atoms with Crippen molar-refractivity contribution in [2.24, 2.45) is 5.92 Å². The van der Waals surface area contributed by atoms with E-state index in [1.807, 2.05) is 6.20 Å². The Hall–Kier alpha value is -1.16. The van der Waals surface area contributed by atoms with Crippen LogP contribution < -0.4 is 5.32 Å². The van der Waals surface area contributed by atoms with Crippen molar-refractivity contribution in [2.75, 3.05) is 0 Å². The van der Waals surface area contributed by atoms with Gasteiger partial charge in [-0.2, -0.15) is 0 Å². The lowest BCUT2D eigenvalue weighted by atomic mass is 9.77. The number of nitrogens with zero attached hydrogens (tertiary/aromatic N) is 2. The quantitative estimate of drug-likeness (QED) is 0.917. The molecule has 2 aliphatic rings. The smallest absolute Gasteiger partial charge is 0.157 e. The Labute approximate surface area is 121 Å². The lowest BCUT2D eigenvalue weighted by Gasteiger charge is -2.40. The van der Waals surface area contributed by atoms with Crippen molar-refractivity contribution in [3.05, 3.63) is 18.2 Å². The number of aromatic nitrogens is 2. The Morgan fingerprint density at radius 2 is 2.20 bits per heavy atom. The van der Waals surface area contributed by atoms with Crippen LogP contribution in [0.5, 0.6) is 0 Å². The average Bonchev–Trinajstić information content (AvgIpc) is 2.94. The summed E-state index contributed by atoms with van der Waals surface area (Å²) in [5.74, 6) is 2.03. The number of hydrogen-bond acceptors (Lipinski definition) is 3. The fourth-order valence-corrected chi connectivity index (χ4v) is 3.82. The summed E-state index contributed by atoms with van der Waals surface area (Å²) in [6, 6.07) is 0.633. The molecule has 0 spiro atoms. The molecule has 20 heavy (non-hydrogen) atoms. The van der Waals surface area contributed by atoms with Gasteiger partial charge in [0.05, 0.1) is 12.5 Å². The monoisotopic (exact) mass is 275 g/mol. The standard InChI is InChI=1S/C16H25N3O/c1-2-19-10-9-17-16(19)11-15(20)14-8-7-12-5-3-4-6-13(12)18-14/h9-10,12-14,18H,2-8,11H2,1H3. The predicted molar refractivity (Wildman–Crippen MR) is 78.5 cm³/mol. The van der Waals surface area contributed by atoms with E-state index in [4.69, 9.17) is 0 Å². The molecule has 4 nitrogen and oxygen atoms in total. The minimum Gasteiger partial charge on any atom is -0.335 e. The highest BCUT2D eigenvalue weighted by molar-refractivity contribution is 5.85. The lowest BCUT2D eigenvalue weighted by Crippen LogP contribution is -2.52. The molecular formula is C16H25N3O. The predicted octanol–water partition coefficient (Wildman–Crippen LogP) is 2.33. The van der Waals surface area contributed by atoms with Gasteiger partial charge in [0, 0.05) is 25.0 Å². The maximum absolute atomic E-state index is 12.5. The molecule has 3 rings (SSSR count). The second kappa shape index (κ2) is 6.08.